The molecule has 84 valence electrons. The molecule has 2 N–H and O–H groups in total. The maximum absolute atomic E-state index is 5.84. The van der Waals surface area contributed by atoms with Crippen LogP contribution in [-0.2, 0) is 0 Å². The van der Waals surface area contributed by atoms with E-state index in [1.54, 1.807) is 0 Å². The fourth-order valence-electron chi connectivity index (χ4n) is 1.47. The lowest BCUT2D eigenvalue weighted by molar-refractivity contribution is 0.611. The predicted octanol–water partition coefficient (Wildman–Crippen LogP) is 2.34. The van der Waals surface area contributed by atoms with E-state index in [0.717, 1.165) is 12.8 Å². The second-order valence-corrected chi connectivity index (χ2v) is 4.01. The molecule has 1 unspecified atom stereocenters. The predicted molar refractivity (Wildman–Crippen MR) is 64.2 cm³/mol. The maximum atomic E-state index is 5.84. The minimum absolute atomic E-state index is 0.315. The van der Waals surface area contributed by atoms with Gasteiger partial charge in [-0.15, -0.1) is 0 Å². The second-order valence-electron chi connectivity index (χ2n) is 3.65. The number of aromatic nitrogens is 2. The lowest BCUT2D eigenvalue weighted by atomic mass is 10.2. The van der Waals surface area contributed by atoms with E-state index in [4.69, 9.17) is 17.3 Å². The van der Waals surface area contributed by atoms with Crippen LogP contribution in [0.5, 0.6) is 0 Å². The van der Waals surface area contributed by atoms with E-state index in [1.807, 2.05) is 11.9 Å². The van der Waals surface area contributed by atoms with E-state index < -0.39 is 0 Å². The number of nitrogens with two attached hydrogens (primary N) is 1. The van der Waals surface area contributed by atoms with E-state index in [-0.39, 0.29) is 0 Å². The highest BCUT2D eigenvalue weighted by Crippen LogP contribution is 2.26. The lowest BCUT2D eigenvalue weighted by Crippen LogP contribution is -2.30. The highest BCUT2D eigenvalue weighted by Gasteiger charge is 2.15. The summed E-state index contributed by atoms with van der Waals surface area (Å²) in [7, 11) is 1.97. The van der Waals surface area contributed by atoms with Crippen LogP contribution in [0.4, 0.5) is 11.5 Å². The summed E-state index contributed by atoms with van der Waals surface area (Å²) < 4.78 is 0. The number of anilines is 2. The van der Waals surface area contributed by atoms with Crippen LogP contribution in [0.3, 0.4) is 0 Å². The molecular formula is C10H17ClN4. The van der Waals surface area contributed by atoms with Crippen LogP contribution < -0.4 is 10.6 Å². The summed E-state index contributed by atoms with van der Waals surface area (Å²) in [5, 5.41) is 0.315. The number of nitrogens with zero attached hydrogens (tertiary/aromatic N) is 3. The van der Waals surface area contributed by atoms with Gasteiger partial charge in [0.05, 0.1) is 0 Å². The molecule has 0 aliphatic carbocycles. The summed E-state index contributed by atoms with van der Waals surface area (Å²) in [6, 6.07) is 0.392. The van der Waals surface area contributed by atoms with Gasteiger partial charge < -0.3 is 10.6 Å². The summed E-state index contributed by atoms with van der Waals surface area (Å²) in [5.41, 5.74) is 6.27. The first-order valence-electron chi connectivity index (χ1n) is 5.06. The molecule has 0 spiro atoms. The van der Waals surface area contributed by atoms with Crippen LogP contribution in [0.1, 0.15) is 26.7 Å². The van der Waals surface area contributed by atoms with Crippen LogP contribution in [0.2, 0.25) is 5.15 Å². The molecule has 0 amide bonds. The van der Waals surface area contributed by atoms with Crippen molar-refractivity contribution in [3.63, 3.8) is 0 Å². The molecule has 0 aliphatic rings. The fourth-order valence-corrected chi connectivity index (χ4v) is 1.59. The van der Waals surface area contributed by atoms with Crippen molar-refractivity contribution in [1.82, 2.24) is 9.97 Å². The van der Waals surface area contributed by atoms with Crippen molar-refractivity contribution in [3.8, 4) is 0 Å². The minimum atomic E-state index is 0.315. The van der Waals surface area contributed by atoms with Gasteiger partial charge in [-0.2, -0.15) is 0 Å². The van der Waals surface area contributed by atoms with Crippen molar-refractivity contribution in [2.75, 3.05) is 17.7 Å². The van der Waals surface area contributed by atoms with Crippen molar-refractivity contribution < 1.29 is 0 Å². The van der Waals surface area contributed by atoms with Gasteiger partial charge in [0.15, 0.2) is 11.0 Å². The zero-order valence-electron chi connectivity index (χ0n) is 9.37. The maximum Gasteiger partial charge on any atom is 0.157 e. The minimum Gasteiger partial charge on any atom is -0.393 e. The average molecular weight is 229 g/mol. The van der Waals surface area contributed by atoms with Crippen molar-refractivity contribution in [2.24, 2.45) is 0 Å². The zero-order chi connectivity index (χ0) is 11.4. The first kappa shape index (κ1) is 12.0. The molecule has 1 rings (SSSR count). The molecule has 1 atom stereocenters. The Balaban J connectivity index is 2.90. The molecule has 1 aromatic heterocycles. The Morgan fingerprint density at radius 2 is 2.20 bits per heavy atom. The van der Waals surface area contributed by atoms with Crippen LogP contribution in [0.15, 0.2) is 6.33 Å². The fraction of sp³-hybridized carbons (Fsp3) is 0.600. The Hall–Kier alpha value is -1.03. The first-order chi connectivity index (χ1) is 7.07. The Morgan fingerprint density at radius 3 is 2.80 bits per heavy atom. The van der Waals surface area contributed by atoms with E-state index in [2.05, 4.69) is 23.8 Å². The van der Waals surface area contributed by atoms with Gasteiger partial charge in [-0.05, 0) is 13.3 Å². The summed E-state index contributed by atoms with van der Waals surface area (Å²) in [4.78, 5) is 10.0. The van der Waals surface area contributed by atoms with Crippen LogP contribution in [-0.4, -0.2) is 23.1 Å². The third-order valence-electron chi connectivity index (χ3n) is 2.52. The van der Waals surface area contributed by atoms with Crippen molar-refractivity contribution in [1.29, 1.82) is 0 Å². The molecule has 15 heavy (non-hydrogen) atoms. The van der Waals surface area contributed by atoms with E-state index in [1.165, 1.54) is 6.33 Å². The molecule has 1 aromatic rings. The number of rotatable bonds is 4. The lowest BCUT2D eigenvalue weighted by Gasteiger charge is -2.26. The van der Waals surface area contributed by atoms with Gasteiger partial charge in [-0.25, -0.2) is 9.97 Å². The smallest absolute Gasteiger partial charge is 0.157 e. The molecular weight excluding hydrogens is 212 g/mol. The van der Waals surface area contributed by atoms with Gasteiger partial charge in [0.2, 0.25) is 0 Å². The molecule has 0 aliphatic heterocycles. The van der Waals surface area contributed by atoms with Gasteiger partial charge in [0.25, 0.3) is 0 Å². The average Bonchev–Trinajstić information content (AvgIpc) is 2.21. The molecule has 1 heterocycles. The summed E-state index contributed by atoms with van der Waals surface area (Å²) in [5.74, 6) is 0.705. The molecule has 0 bridgehead atoms. The van der Waals surface area contributed by atoms with E-state index in [0.29, 0.717) is 22.7 Å². The molecule has 4 nitrogen and oxygen atoms in total. The molecule has 0 aromatic carbocycles. The summed E-state index contributed by atoms with van der Waals surface area (Å²) in [6.07, 6.45) is 3.66. The van der Waals surface area contributed by atoms with Crippen molar-refractivity contribution in [3.05, 3.63) is 11.5 Å². The highest BCUT2D eigenvalue weighted by molar-refractivity contribution is 6.32. The number of hydrogen-bond acceptors (Lipinski definition) is 4. The Morgan fingerprint density at radius 1 is 1.53 bits per heavy atom. The van der Waals surface area contributed by atoms with Gasteiger partial charge in [0.1, 0.15) is 12.0 Å². The third-order valence-corrected chi connectivity index (χ3v) is 2.82. The number of nitrogen functional groups attached to an aromatic ring is 1. The number of halogens is 1. The largest absolute Gasteiger partial charge is 0.393 e. The Labute approximate surface area is 95.5 Å². The van der Waals surface area contributed by atoms with E-state index >= 15 is 0 Å². The SMILES string of the molecule is CCCC(C)N(C)c1ncnc(Cl)c1N. The van der Waals surface area contributed by atoms with Crippen LogP contribution in [0, 0.1) is 0 Å². The highest BCUT2D eigenvalue weighted by atomic mass is 35.5. The topological polar surface area (TPSA) is 55.0 Å². The second kappa shape index (κ2) is 5.16. The standard InChI is InChI=1S/C10H17ClN4/c1-4-5-7(2)15(3)10-8(12)9(11)13-6-14-10/h6-7H,4-5,12H2,1-3H3. The summed E-state index contributed by atoms with van der Waals surface area (Å²) >= 11 is 5.84. The Bertz CT molecular complexity index is 329. The molecule has 0 saturated heterocycles. The molecule has 0 radical (unpaired) electrons. The van der Waals surface area contributed by atoms with E-state index in [9.17, 15) is 0 Å². The third kappa shape index (κ3) is 2.72. The first-order valence-corrected chi connectivity index (χ1v) is 5.44. The van der Waals surface area contributed by atoms with Gasteiger partial charge in [-0.1, -0.05) is 24.9 Å². The quantitative estimate of drug-likeness (QED) is 0.804. The van der Waals surface area contributed by atoms with Crippen molar-refractivity contribution in [2.45, 2.75) is 32.7 Å². The van der Waals surface area contributed by atoms with Crippen LogP contribution >= 0.6 is 11.6 Å². The normalized spacial score (nSPS) is 12.5. The van der Waals surface area contributed by atoms with Gasteiger partial charge in [-0.3, -0.25) is 0 Å². The Kier molecular flexibility index (Phi) is 4.15. The van der Waals surface area contributed by atoms with Gasteiger partial charge >= 0.3 is 0 Å². The zero-order valence-corrected chi connectivity index (χ0v) is 10.1. The number of hydrogen-bond donors (Lipinski definition) is 1. The molecule has 0 fully saturated rings. The molecule has 0 saturated carbocycles. The monoisotopic (exact) mass is 228 g/mol. The van der Waals surface area contributed by atoms with Crippen LogP contribution in [0.25, 0.3) is 0 Å². The van der Waals surface area contributed by atoms with Gasteiger partial charge in [0, 0.05) is 13.1 Å². The molecule has 5 heteroatoms. The summed E-state index contributed by atoms with van der Waals surface area (Å²) in [6.45, 7) is 4.29. The van der Waals surface area contributed by atoms with Crippen molar-refractivity contribution >= 4 is 23.1 Å².